The molecule has 0 bridgehead atoms. The number of thiophene rings is 1. The Morgan fingerprint density at radius 2 is 1.67 bits per heavy atom. The number of amides is 2. The van der Waals surface area contributed by atoms with Crippen LogP contribution in [0, 0.1) is 18.6 Å². The maximum atomic E-state index is 13.7. The van der Waals surface area contributed by atoms with Gasteiger partial charge in [0.15, 0.2) is 11.0 Å². The van der Waals surface area contributed by atoms with Gasteiger partial charge in [-0.2, -0.15) is 0 Å². The van der Waals surface area contributed by atoms with Crippen LogP contribution in [0.3, 0.4) is 0 Å². The minimum atomic E-state index is -0.813. The summed E-state index contributed by atoms with van der Waals surface area (Å²) >= 11 is 1.92. The lowest BCUT2D eigenvalue weighted by molar-refractivity contribution is -0.115. The highest BCUT2D eigenvalue weighted by atomic mass is 32.2. The predicted octanol–water partition coefficient (Wildman–Crippen LogP) is 5.32. The number of hydrogen-bond donors (Lipinski definition) is 2. The van der Waals surface area contributed by atoms with Crippen LogP contribution >= 0.6 is 23.1 Å². The first kappa shape index (κ1) is 33.3. The third kappa shape index (κ3) is 7.91. The van der Waals surface area contributed by atoms with Crippen LogP contribution in [-0.2, 0) is 20.8 Å². The Balaban J connectivity index is 1.58. The van der Waals surface area contributed by atoms with E-state index >= 15 is 0 Å². The second-order valence-corrected chi connectivity index (χ2v) is 11.7. The van der Waals surface area contributed by atoms with Gasteiger partial charge in [0.25, 0.3) is 5.91 Å². The topological polar surface area (TPSA) is 142 Å². The number of hydrogen-bond acceptors (Lipinski definition) is 10. The molecule has 1 unspecified atom stereocenters. The van der Waals surface area contributed by atoms with Gasteiger partial charge in [0.1, 0.15) is 21.5 Å². The summed E-state index contributed by atoms with van der Waals surface area (Å²) in [6, 6.07) is 10.7. The molecule has 45 heavy (non-hydrogen) atoms. The van der Waals surface area contributed by atoms with Gasteiger partial charge in [0, 0.05) is 11.3 Å². The molecule has 2 amide bonds. The fourth-order valence-corrected chi connectivity index (χ4v) is 6.08. The van der Waals surface area contributed by atoms with E-state index in [2.05, 4.69) is 20.8 Å². The van der Waals surface area contributed by atoms with Crippen molar-refractivity contribution in [3.63, 3.8) is 0 Å². The Kier molecular flexibility index (Phi) is 11.0. The summed E-state index contributed by atoms with van der Waals surface area (Å²) in [5.74, 6) is -3.16. The van der Waals surface area contributed by atoms with Crippen molar-refractivity contribution in [2.24, 2.45) is 0 Å². The molecule has 2 heterocycles. The maximum Gasteiger partial charge on any atom is 0.348 e. The van der Waals surface area contributed by atoms with Gasteiger partial charge in [0.2, 0.25) is 5.91 Å². The normalized spacial score (nSPS) is 11.5. The van der Waals surface area contributed by atoms with Gasteiger partial charge in [-0.15, -0.1) is 21.5 Å². The minimum absolute atomic E-state index is 0.0567. The largest absolute Gasteiger partial charge is 0.462 e. The number of nitrogens with zero attached hydrogens (tertiary/aromatic N) is 3. The number of nitrogens with one attached hydrogen (secondary N) is 2. The number of anilines is 1. The first-order valence-corrected chi connectivity index (χ1v) is 15.4. The van der Waals surface area contributed by atoms with Crippen LogP contribution in [0.4, 0.5) is 13.8 Å². The number of benzene rings is 2. The zero-order valence-electron chi connectivity index (χ0n) is 24.7. The molecule has 2 N–H and O–H groups in total. The Morgan fingerprint density at radius 1 is 0.978 bits per heavy atom. The molecule has 0 fully saturated rings. The molecular formula is C30H29F2N5O6S2. The molecule has 0 aliphatic heterocycles. The lowest BCUT2D eigenvalue weighted by Crippen LogP contribution is -2.25. The van der Waals surface area contributed by atoms with Crippen LogP contribution < -0.4 is 10.6 Å². The van der Waals surface area contributed by atoms with Crippen LogP contribution in [0.2, 0.25) is 0 Å². The molecule has 4 rings (SSSR count). The fourth-order valence-electron chi connectivity index (χ4n) is 4.10. The monoisotopic (exact) mass is 657 g/mol. The zero-order chi connectivity index (χ0) is 32.7. The second-order valence-electron chi connectivity index (χ2n) is 9.35. The van der Waals surface area contributed by atoms with Gasteiger partial charge in [0.05, 0.1) is 30.6 Å². The molecule has 0 saturated carbocycles. The summed E-state index contributed by atoms with van der Waals surface area (Å²) < 4.78 is 39.1. The summed E-state index contributed by atoms with van der Waals surface area (Å²) in [5, 5.41) is 13.3. The van der Waals surface area contributed by atoms with Crippen LogP contribution in [0.1, 0.15) is 62.5 Å². The summed E-state index contributed by atoms with van der Waals surface area (Å²) in [4.78, 5) is 51.4. The van der Waals surface area contributed by atoms with E-state index in [4.69, 9.17) is 9.47 Å². The number of thioether (sulfide) groups is 1. The Labute approximate surface area is 265 Å². The second kappa shape index (κ2) is 14.9. The molecule has 0 aliphatic carbocycles. The van der Waals surface area contributed by atoms with Gasteiger partial charge in [-0.3, -0.25) is 14.2 Å². The SMILES string of the molecule is CCOC(=O)c1sc(NC(=O)C(C)Sc2nnc(CNC(=O)c3cccc(F)c3)n2-c2ccc(F)cc2)c(C(=O)OCC)c1C. The summed E-state index contributed by atoms with van der Waals surface area (Å²) in [6.07, 6.45) is 0. The quantitative estimate of drug-likeness (QED) is 0.153. The van der Waals surface area contributed by atoms with E-state index in [0.717, 1.165) is 29.2 Å². The van der Waals surface area contributed by atoms with E-state index in [-0.39, 0.29) is 51.7 Å². The Bertz CT molecular complexity index is 1720. The van der Waals surface area contributed by atoms with Crippen LogP contribution in [0.5, 0.6) is 0 Å². The molecular weight excluding hydrogens is 628 g/mol. The number of ether oxygens (including phenoxy) is 2. The zero-order valence-corrected chi connectivity index (χ0v) is 26.3. The van der Waals surface area contributed by atoms with Crippen molar-refractivity contribution in [3.8, 4) is 5.69 Å². The molecule has 0 saturated heterocycles. The number of carbonyl (C=O) groups is 4. The molecule has 15 heteroatoms. The fraction of sp³-hybridized carbons (Fsp3) is 0.267. The van der Waals surface area contributed by atoms with Crippen LogP contribution in [-0.4, -0.2) is 57.0 Å². The standard InChI is InChI=1S/C30H29F2N5O6S2/c1-5-42-28(40)23-16(3)24(29(41)43-6-2)45-27(23)34-25(38)17(4)44-30-36-35-22(37(30)21-12-10-19(31)11-13-21)15-33-26(39)18-8-7-9-20(32)14-18/h7-14,17H,5-6,15H2,1-4H3,(H,33,39)(H,34,38). The van der Waals surface area contributed by atoms with Crippen molar-refractivity contribution in [2.75, 3.05) is 18.5 Å². The molecule has 2 aromatic heterocycles. The van der Waals surface area contributed by atoms with E-state index in [1.807, 2.05) is 0 Å². The van der Waals surface area contributed by atoms with Crippen LogP contribution in [0.15, 0.2) is 53.7 Å². The van der Waals surface area contributed by atoms with Crippen molar-refractivity contribution >= 4 is 51.9 Å². The first-order chi connectivity index (χ1) is 21.5. The smallest absolute Gasteiger partial charge is 0.348 e. The highest BCUT2D eigenvalue weighted by Crippen LogP contribution is 2.35. The number of rotatable bonds is 12. The van der Waals surface area contributed by atoms with Crippen molar-refractivity contribution < 1.29 is 37.4 Å². The van der Waals surface area contributed by atoms with Gasteiger partial charge in [-0.25, -0.2) is 18.4 Å². The minimum Gasteiger partial charge on any atom is -0.462 e. The van der Waals surface area contributed by atoms with Crippen molar-refractivity contribution in [2.45, 2.75) is 44.6 Å². The van der Waals surface area contributed by atoms with E-state index < -0.39 is 40.6 Å². The number of halogens is 2. The van der Waals surface area contributed by atoms with Gasteiger partial charge >= 0.3 is 11.9 Å². The number of aromatic nitrogens is 3. The lowest BCUT2D eigenvalue weighted by Gasteiger charge is -2.14. The Hall–Kier alpha value is -4.63. The predicted molar refractivity (Wildman–Crippen MR) is 164 cm³/mol. The maximum absolute atomic E-state index is 13.7. The van der Waals surface area contributed by atoms with E-state index in [1.54, 1.807) is 32.3 Å². The van der Waals surface area contributed by atoms with Crippen molar-refractivity contribution in [1.29, 1.82) is 0 Å². The third-order valence-corrected chi connectivity index (χ3v) is 8.48. The van der Waals surface area contributed by atoms with E-state index in [1.165, 1.54) is 42.5 Å². The lowest BCUT2D eigenvalue weighted by atomic mass is 10.1. The van der Waals surface area contributed by atoms with E-state index in [0.29, 0.717) is 11.3 Å². The molecule has 11 nitrogen and oxygen atoms in total. The van der Waals surface area contributed by atoms with Gasteiger partial charge < -0.3 is 20.1 Å². The summed E-state index contributed by atoms with van der Waals surface area (Å²) in [7, 11) is 0. The number of carbonyl (C=O) groups excluding carboxylic acids is 4. The molecule has 4 aromatic rings. The summed E-state index contributed by atoms with van der Waals surface area (Å²) in [5.41, 5.74) is 0.957. The molecule has 0 aliphatic rings. The van der Waals surface area contributed by atoms with Crippen molar-refractivity contribution in [1.82, 2.24) is 20.1 Å². The summed E-state index contributed by atoms with van der Waals surface area (Å²) in [6.45, 7) is 6.58. The van der Waals surface area contributed by atoms with Crippen LogP contribution in [0.25, 0.3) is 5.69 Å². The average Bonchev–Trinajstić information content (AvgIpc) is 3.56. The molecule has 0 radical (unpaired) electrons. The molecule has 1 atom stereocenters. The molecule has 0 spiro atoms. The first-order valence-electron chi connectivity index (χ1n) is 13.7. The highest BCUT2D eigenvalue weighted by molar-refractivity contribution is 8.00. The number of esters is 2. The van der Waals surface area contributed by atoms with Gasteiger partial charge in [-0.05, 0) is 75.7 Å². The molecule has 2 aromatic carbocycles. The Morgan fingerprint density at radius 3 is 2.33 bits per heavy atom. The van der Waals surface area contributed by atoms with Gasteiger partial charge in [-0.1, -0.05) is 17.8 Å². The van der Waals surface area contributed by atoms with Crippen molar-refractivity contribution in [3.05, 3.63) is 87.6 Å². The highest BCUT2D eigenvalue weighted by Gasteiger charge is 2.29. The average molecular weight is 658 g/mol. The molecule has 236 valence electrons. The third-order valence-electron chi connectivity index (χ3n) is 6.25. The van der Waals surface area contributed by atoms with E-state index in [9.17, 15) is 28.0 Å².